The van der Waals surface area contributed by atoms with Crippen LogP contribution in [0.25, 0.3) is 11.2 Å². The Morgan fingerprint density at radius 1 is 1.02 bits per heavy atom. The first kappa shape index (κ1) is 28.7. The normalized spacial score (nSPS) is 21.0. The number of alkyl halides is 3. The summed E-state index contributed by atoms with van der Waals surface area (Å²) in [6, 6.07) is 12.7. The van der Waals surface area contributed by atoms with Crippen LogP contribution < -0.4 is 15.0 Å². The zero-order chi connectivity index (χ0) is 30.2. The minimum atomic E-state index is -4.92. The van der Waals surface area contributed by atoms with E-state index in [1.807, 2.05) is 30.3 Å². The molecular weight excluding hydrogens is 587 g/mol. The van der Waals surface area contributed by atoms with Gasteiger partial charge in [-0.1, -0.05) is 30.3 Å². The average Bonchev–Trinajstić information content (AvgIpc) is 3.79. The fraction of sp³-hybridized carbons (Fsp3) is 0.321. The summed E-state index contributed by atoms with van der Waals surface area (Å²) in [4.78, 5) is 32.0. The summed E-state index contributed by atoms with van der Waals surface area (Å²) < 4.78 is 70.2. The number of hydrogen-bond donors (Lipinski definition) is 1. The fourth-order valence-electron chi connectivity index (χ4n) is 5.27. The van der Waals surface area contributed by atoms with E-state index >= 15 is 0 Å². The van der Waals surface area contributed by atoms with Gasteiger partial charge < -0.3 is 15.0 Å². The molecule has 3 heterocycles. The van der Waals surface area contributed by atoms with Crippen LogP contribution in [0.2, 0.25) is 0 Å². The molecule has 2 unspecified atom stereocenters. The van der Waals surface area contributed by atoms with Crippen LogP contribution in [0.1, 0.15) is 17.9 Å². The molecule has 11 nitrogen and oxygen atoms in total. The molecule has 1 aliphatic carbocycles. The van der Waals surface area contributed by atoms with E-state index < -0.39 is 34.1 Å². The number of sulfonamides is 1. The third kappa shape index (κ3) is 6.37. The van der Waals surface area contributed by atoms with Crippen molar-refractivity contribution in [3.8, 4) is 5.75 Å². The largest absolute Gasteiger partial charge is 0.573 e. The van der Waals surface area contributed by atoms with Gasteiger partial charge in [-0.2, -0.15) is 4.31 Å². The Kier molecular flexibility index (Phi) is 7.60. The van der Waals surface area contributed by atoms with E-state index in [2.05, 4.69) is 30.0 Å². The summed E-state index contributed by atoms with van der Waals surface area (Å²) in [5.41, 5.74) is 2.02. The predicted molar refractivity (Wildman–Crippen MR) is 148 cm³/mol. The van der Waals surface area contributed by atoms with Crippen molar-refractivity contribution in [3.63, 3.8) is 0 Å². The average molecular weight is 614 g/mol. The van der Waals surface area contributed by atoms with Crippen molar-refractivity contribution in [3.05, 3.63) is 78.9 Å². The van der Waals surface area contributed by atoms with E-state index in [4.69, 9.17) is 0 Å². The molecule has 3 atom stereocenters. The van der Waals surface area contributed by atoms with E-state index in [-0.39, 0.29) is 30.4 Å². The fourth-order valence-corrected chi connectivity index (χ4v) is 6.84. The number of carbonyl (C=O) groups is 1. The number of aromatic nitrogens is 4. The highest BCUT2D eigenvalue weighted by atomic mass is 32.2. The quantitative estimate of drug-likeness (QED) is 0.319. The molecule has 4 aromatic rings. The Bertz CT molecular complexity index is 1730. The molecule has 1 aliphatic heterocycles. The van der Waals surface area contributed by atoms with Gasteiger partial charge in [0.05, 0.1) is 17.3 Å². The lowest BCUT2D eigenvalue weighted by Crippen LogP contribution is -2.60. The number of benzene rings is 2. The van der Waals surface area contributed by atoms with Crippen LogP contribution in [-0.2, 0) is 14.8 Å². The maximum Gasteiger partial charge on any atom is 0.573 e. The monoisotopic (exact) mass is 613 g/mol. The van der Waals surface area contributed by atoms with Crippen molar-refractivity contribution >= 4 is 32.9 Å². The van der Waals surface area contributed by atoms with Crippen LogP contribution in [0, 0.1) is 5.92 Å². The second-order valence-corrected chi connectivity index (χ2v) is 12.2. The molecule has 43 heavy (non-hydrogen) atoms. The molecule has 2 aromatic carbocycles. The number of carbonyl (C=O) groups excluding carboxylic acids is 1. The molecule has 6 rings (SSSR count). The second kappa shape index (κ2) is 11.4. The van der Waals surface area contributed by atoms with Crippen molar-refractivity contribution in [1.29, 1.82) is 0 Å². The first-order chi connectivity index (χ1) is 20.6. The maximum atomic E-state index is 13.7. The van der Waals surface area contributed by atoms with Gasteiger partial charge in [0, 0.05) is 26.2 Å². The van der Waals surface area contributed by atoms with E-state index in [0.717, 1.165) is 35.0 Å². The Balaban J connectivity index is 1.23. The summed E-state index contributed by atoms with van der Waals surface area (Å²) in [5, 5.41) is 2.93. The maximum absolute atomic E-state index is 13.7. The minimum absolute atomic E-state index is 0.0294. The molecule has 1 N–H and O–H groups in total. The highest BCUT2D eigenvalue weighted by Crippen LogP contribution is 2.46. The molecule has 2 aromatic heterocycles. The van der Waals surface area contributed by atoms with Gasteiger partial charge in [-0.05, 0) is 48.1 Å². The number of nitrogens with one attached hydrogen (secondary N) is 1. The standard InChI is InChI=1S/C28H26F3N7O4S/c29-28(30,31)42-20-6-8-21(9-7-20)43(40,41)38-11-10-37(25-15-33-23-14-32-17-35-26(23)36-25)16-24(38)27(39)34-13-19-12-22(19)18-4-2-1-3-5-18/h1-9,14-15,17,19,22,24H,10-13,16H2,(H,34,39)/t19?,22?,24-/m1/s1. The summed E-state index contributed by atoms with van der Waals surface area (Å²) >= 11 is 0. The summed E-state index contributed by atoms with van der Waals surface area (Å²) in [6.07, 6.45) is 0.361. The van der Waals surface area contributed by atoms with E-state index in [1.165, 1.54) is 24.3 Å². The molecule has 1 saturated heterocycles. The first-order valence-electron chi connectivity index (χ1n) is 13.5. The van der Waals surface area contributed by atoms with Gasteiger partial charge in [0.2, 0.25) is 15.9 Å². The van der Waals surface area contributed by atoms with Gasteiger partial charge in [-0.15, -0.1) is 13.2 Å². The molecule has 0 radical (unpaired) electrons. The lowest BCUT2D eigenvalue weighted by molar-refractivity contribution is -0.274. The number of ether oxygens (including phenoxy) is 1. The number of nitrogens with zero attached hydrogens (tertiary/aromatic N) is 6. The Morgan fingerprint density at radius 2 is 1.79 bits per heavy atom. The Hall–Kier alpha value is -4.37. The molecular formula is C28H26F3N7O4S. The predicted octanol–water partition coefficient (Wildman–Crippen LogP) is 3.12. The molecule has 1 saturated carbocycles. The van der Waals surface area contributed by atoms with Crippen LogP contribution in [-0.4, -0.2) is 77.1 Å². The van der Waals surface area contributed by atoms with E-state index in [1.54, 1.807) is 4.90 Å². The zero-order valence-electron chi connectivity index (χ0n) is 22.6. The van der Waals surface area contributed by atoms with Crippen LogP contribution in [0.5, 0.6) is 5.75 Å². The number of fused-ring (bicyclic) bond motifs is 1. The number of amides is 1. The van der Waals surface area contributed by atoms with Crippen LogP contribution >= 0.6 is 0 Å². The summed E-state index contributed by atoms with van der Waals surface area (Å²) in [6.45, 7) is 0.445. The topological polar surface area (TPSA) is 131 Å². The smallest absolute Gasteiger partial charge is 0.406 e. The van der Waals surface area contributed by atoms with Crippen molar-refractivity contribution in [1.82, 2.24) is 29.6 Å². The lowest BCUT2D eigenvalue weighted by Gasteiger charge is -2.40. The van der Waals surface area contributed by atoms with Crippen molar-refractivity contribution in [2.75, 3.05) is 31.1 Å². The van der Waals surface area contributed by atoms with Gasteiger partial charge in [0.15, 0.2) is 5.65 Å². The summed E-state index contributed by atoms with van der Waals surface area (Å²) in [7, 11) is -4.28. The van der Waals surface area contributed by atoms with Gasteiger partial charge >= 0.3 is 6.36 Å². The number of rotatable bonds is 8. The molecule has 15 heteroatoms. The van der Waals surface area contributed by atoms with Crippen molar-refractivity contribution < 1.29 is 31.1 Å². The van der Waals surface area contributed by atoms with Crippen LogP contribution in [0.15, 0.2) is 78.2 Å². The van der Waals surface area contributed by atoms with Gasteiger partial charge in [-0.3, -0.25) is 4.79 Å². The van der Waals surface area contributed by atoms with Crippen molar-refractivity contribution in [2.24, 2.45) is 5.92 Å². The number of hydrogen-bond acceptors (Lipinski definition) is 9. The highest BCUT2D eigenvalue weighted by Gasteiger charge is 2.43. The Labute approximate surface area is 244 Å². The Morgan fingerprint density at radius 3 is 2.53 bits per heavy atom. The molecule has 2 fully saturated rings. The first-order valence-corrected chi connectivity index (χ1v) is 14.9. The molecule has 1 amide bonds. The minimum Gasteiger partial charge on any atom is -0.406 e. The van der Waals surface area contributed by atoms with Gasteiger partial charge in [0.1, 0.15) is 29.5 Å². The SMILES string of the molecule is O=C(NCC1CC1c1ccccc1)[C@H]1CN(c2cnc3cncnc3n2)CCN1S(=O)(=O)c1ccc(OC(F)(F)F)cc1. The second-order valence-electron chi connectivity index (χ2n) is 10.3. The lowest BCUT2D eigenvalue weighted by atomic mass is 10.1. The van der Waals surface area contributed by atoms with Gasteiger partial charge in [-0.25, -0.2) is 28.4 Å². The van der Waals surface area contributed by atoms with Gasteiger partial charge in [0.25, 0.3) is 0 Å². The highest BCUT2D eigenvalue weighted by molar-refractivity contribution is 7.89. The van der Waals surface area contributed by atoms with Crippen LogP contribution in [0.4, 0.5) is 19.0 Å². The summed E-state index contributed by atoms with van der Waals surface area (Å²) in [5.74, 6) is -0.0809. The molecule has 0 spiro atoms. The van der Waals surface area contributed by atoms with Crippen molar-refractivity contribution in [2.45, 2.75) is 29.6 Å². The molecule has 224 valence electrons. The van der Waals surface area contributed by atoms with Crippen LogP contribution in [0.3, 0.4) is 0 Å². The number of anilines is 1. The van der Waals surface area contributed by atoms with E-state index in [0.29, 0.717) is 29.4 Å². The number of halogens is 3. The molecule has 0 bridgehead atoms. The van der Waals surface area contributed by atoms with E-state index in [9.17, 15) is 26.4 Å². The third-order valence-corrected chi connectivity index (χ3v) is 9.45. The molecule has 2 aliphatic rings. The third-order valence-electron chi connectivity index (χ3n) is 7.52. The number of piperazine rings is 1. The zero-order valence-corrected chi connectivity index (χ0v) is 23.4.